The van der Waals surface area contributed by atoms with Crippen molar-refractivity contribution in [1.29, 1.82) is 0 Å². The maximum Gasteiger partial charge on any atom is 0.127 e. The third-order valence-electron chi connectivity index (χ3n) is 6.30. The van der Waals surface area contributed by atoms with Crippen LogP contribution in [0.1, 0.15) is 69.9 Å². The Kier molecular flexibility index (Phi) is 8.67. The molecule has 0 unspecified atom stereocenters. The van der Waals surface area contributed by atoms with E-state index < -0.39 is 0 Å². The van der Waals surface area contributed by atoms with Crippen molar-refractivity contribution in [2.75, 3.05) is 19.6 Å². The molecule has 0 saturated carbocycles. The van der Waals surface area contributed by atoms with Crippen LogP contribution in [0.5, 0.6) is 0 Å². The van der Waals surface area contributed by atoms with E-state index in [2.05, 4.69) is 29.8 Å². The summed E-state index contributed by atoms with van der Waals surface area (Å²) in [6.07, 6.45) is 12.8. The highest BCUT2D eigenvalue weighted by Gasteiger charge is 2.13. The van der Waals surface area contributed by atoms with Gasteiger partial charge in [0, 0.05) is 18.3 Å². The molecule has 2 nitrogen and oxygen atoms in total. The molecule has 1 aromatic heterocycles. The zero-order chi connectivity index (χ0) is 20.5. The second-order valence-corrected chi connectivity index (χ2v) is 8.64. The van der Waals surface area contributed by atoms with Crippen LogP contribution in [0.4, 0.5) is 4.39 Å². The first-order valence-electron chi connectivity index (χ1n) is 11.7. The zero-order valence-corrected chi connectivity index (χ0v) is 18.3. The molecule has 158 valence electrons. The maximum atomic E-state index is 14.6. The first-order chi connectivity index (χ1) is 14.2. The topological polar surface area (TPSA) is 16.1 Å². The van der Waals surface area contributed by atoms with Crippen LogP contribution >= 0.6 is 0 Å². The number of aryl methyl sites for hydroxylation is 1. The summed E-state index contributed by atoms with van der Waals surface area (Å²) in [7, 11) is 0. The number of benzene rings is 1. The maximum absolute atomic E-state index is 14.6. The number of aromatic nitrogens is 1. The highest BCUT2D eigenvalue weighted by molar-refractivity contribution is 5.59. The number of halogens is 1. The van der Waals surface area contributed by atoms with E-state index in [0.29, 0.717) is 0 Å². The minimum absolute atomic E-state index is 0.102. The summed E-state index contributed by atoms with van der Waals surface area (Å²) in [5.41, 5.74) is 3.83. The van der Waals surface area contributed by atoms with Gasteiger partial charge in [-0.15, -0.1) is 0 Å². The van der Waals surface area contributed by atoms with Crippen molar-refractivity contribution in [2.45, 2.75) is 71.6 Å². The molecule has 0 amide bonds. The van der Waals surface area contributed by atoms with Gasteiger partial charge < -0.3 is 4.90 Å². The van der Waals surface area contributed by atoms with Crippen LogP contribution in [-0.2, 0) is 12.8 Å². The predicted octanol–water partition coefficient (Wildman–Crippen LogP) is 6.68. The van der Waals surface area contributed by atoms with Crippen LogP contribution in [0.3, 0.4) is 0 Å². The SMILES string of the molecule is CCCC(CCC)CCc1ccc(-c2ccc(CCN3CCCC3)c(F)c2)nc1. The van der Waals surface area contributed by atoms with Gasteiger partial charge in [0.2, 0.25) is 0 Å². The molecule has 3 heteroatoms. The first-order valence-corrected chi connectivity index (χ1v) is 11.7. The molecule has 0 aliphatic carbocycles. The minimum Gasteiger partial charge on any atom is -0.303 e. The highest BCUT2D eigenvalue weighted by atomic mass is 19.1. The van der Waals surface area contributed by atoms with E-state index in [1.54, 1.807) is 6.07 Å². The second-order valence-electron chi connectivity index (χ2n) is 8.64. The molecule has 2 aromatic rings. The molecule has 1 aromatic carbocycles. The van der Waals surface area contributed by atoms with Gasteiger partial charge in [-0.1, -0.05) is 57.7 Å². The second kappa shape index (κ2) is 11.4. The smallest absolute Gasteiger partial charge is 0.127 e. The summed E-state index contributed by atoms with van der Waals surface area (Å²) in [5, 5.41) is 0. The average Bonchev–Trinajstić information content (AvgIpc) is 3.25. The van der Waals surface area contributed by atoms with Gasteiger partial charge in [0.05, 0.1) is 5.69 Å². The Balaban J connectivity index is 1.56. The van der Waals surface area contributed by atoms with Crippen LogP contribution in [0, 0.1) is 11.7 Å². The lowest BCUT2D eigenvalue weighted by Gasteiger charge is -2.15. The summed E-state index contributed by atoms with van der Waals surface area (Å²) in [4.78, 5) is 7.05. The summed E-state index contributed by atoms with van der Waals surface area (Å²) in [5.74, 6) is 0.724. The number of rotatable bonds is 11. The first kappa shape index (κ1) is 22.0. The van der Waals surface area contributed by atoms with E-state index in [0.717, 1.165) is 55.2 Å². The molecule has 0 radical (unpaired) electrons. The molecule has 3 rings (SSSR count). The van der Waals surface area contributed by atoms with E-state index >= 15 is 0 Å². The summed E-state index contributed by atoms with van der Waals surface area (Å²) in [6, 6.07) is 9.82. The van der Waals surface area contributed by atoms with Gasteiger partial charge in [-0.05, 0) is 74.4 Å². The van der Waals surface area contributed by atoms with Crippen LogP contribution in [0.15, 0.2) is 36.5 Å². The van der Waals surface area contributed by atoms with Crippen molar-refractivity contribution in [1.82, 2.24) is 9.88 Å². The fourth-order valence-electron chi connectivity index (χ4n) is 4.56. The summed E-state index contributed by atoms with van der Waals surface area (Å²) < 4.78 is 14.6. The van der Waals surface area contributed by atoms with Gasteiger partial charge in [0.25, 0.3) is 0 Å². The minimum atomic E-state index is -0.102. The van der Waals surface area contributed by atoms with Crippen LogP contribution < -0.4 is 0 Å². The van der Waals surface area contributed by atoms with Crippen LogP contribution in [0.25, 0.3) is 11.3 Å². The zero-order valence-electron chi connectivity index (χ0n) is 18.3. The van der Waals surface area contributed by atoms with Crippen LogP contribution in [-0.4, -0.2) is 29.5 Å². The lowest BCUT2D eigenvalue weighted by atomic mass is 9.92. The van der Waals surface area contributed by atoms with Gasteiger partial charge in [-0.3, -0.25) is 4.98 Å². The van der Waals surface area contributed by atoms with Gasteiger partial charge in [0.15, 0.2) is 0 Å². The van der Waals surface area contributed by atoms with Crippen molar-refractivity contribution in [3.8, 4) is 11.3 Å². The molecule has 29 heavy (non-hydrogen) atoms. The van der Waals surface area contributed by atoms with Crippen molar-refractivity contribution in [2.24, 2.45) is 5.92 Å². The van der Waals surface area contributed by atoms with E-state index in [1.165, 1.54) is 50.5 Å². The molecule has 1 fully saturated rings. The van der Waals surface area contributed by atoms with Crippen molar-refractivity contribution in [3.05, 3.63) is 53.5 Å². The quantitative estimate of drug-likeness (QED) is 0.421. The Morgan fingerprint density at radius 2 is 1.72 bits per heavy atom. The van der Waals surface area contributed by atoms with Gasteiger partial charge >= 0.3 is 0 Å². The number of likely N-dealkylation sites (tertiary alicyclic amines) is 1. The van der Waals surface area contributed by atoms with E-state index in [1.807, 2.05) is 24.4 Å². The largest absolute Gasteiger partial charge is 0.303 e. The molecule has 2 heterocycles. The Hall–Kier alpha value is -1.74. The molecule has 1 aliphatic heterocycles. The normalized spacial score (nSPS) is 14.8. The van der Waals surface area contributed by atoms with Crippen molar-refractivity contribution in [3.63, 3.8) is 0 Å². The van der Waals surface area contributed by atoms with E-state index in [-0.39, 0.29) is 5.82 Å². The Morgan fingerprint density at radius 3 is 2.34 bits per heavy atom. The van der Waals surface area contributed by atoms with Crippen LogP contribution in [0.2, 0.25) is 0 Å². The predicted molar refractivity (Wildman–Crippen MR) is 121 cm³/mol. The van der Waals surface area contributed by atoms with Crippen molar-refractivity contribution < 1.29 is 4.39 Å². The average molecular weight is 397 g/mol. The number of pyridine rings is 1. The lowest BCUT2D eigenvalue weighted by Crippen LogP contribution is -2.22. The number of hydrogen-bond acceptors (Lipinski definition) is 2. The number of hydrogen-bond donors (Lipinski definition) is 0. The fourth-order valence-corrected chi connectivity index (χ4v) is 4.56. The van der Waals surface area contributed by atoms with E-state index in [4.69, 9.17) is 0 Å². The molecule has 0 atom stereocenters. The third kappa shape index (κ3) is 6.64. The molecule has 0 N–H and O–H groups in total. The summed E-state index contributed by atoms with van der Waals surface area (Å²) >= 11 is 0. The Labute approximate surface area is 176 Å². The molecule has 0 bridgehead atoms. The van der Waals surface area contributed by atoms with Gasteiger partial charge in [-0.25, -0.2) is 4.39 Å². The molecular formula is C26H37FN2. The Morgan fingerprint density at radius 1 is 0.966 bits per heavy atom. The van der Waals surface area contributed by atoms with E-state index in [9.17, 15) is 4.39 Å². The standard InChI is InChI=1S/C26H37FN2/c1-3-7-21(8-4-2)9-10-22-11-14-26(28-20-22)24-13-12-23(25(27)19-24)15-18-29-16-5-6-17-29/h11-14,19-21H,3-10,15-18H2,1-2H3. The van der Waals surface area contributed by atoms with Crippen molar-refractivity contribution >= 4 is 0 Å². The van der Waals surface area contributed by atoms with Gasteiger partial charge in [0.1, 0.15) is 5.82 Å². The third-order valence-corrected chi connectivity index (χ3v) is 6.30. The highest BCUT2D eigenvalue weighted by Crippen LogP contribution is 2.23. The molecular weight excluding hydrogens is 359 g/mol. The molecule has 1 saturated heterocycles. The number of nitrogens with zero attached hydrogens (tertiary/aromatic N) is 2. The monoisotopic (exact) mass is 396 g/mol. The van der Waals surface area contributed by atoms with Gasteiger partial charge in [-0.2, -0.15) is 0 Å². The molecule has 1 aliphatic rings. The lowest BCUT2D eigenvalue weighted by molar-refractivity contribution is 0.341. The summed E-state index contributed by atoms with van der Waals surface area (Å²) in [6.45, 7) is 7.83. The molecule has 0 spiro atoms. The Bertz CT molecular complexity index is 729. The fraction of sp³-hybridized carbons (Fsp3) is 0.577.